The predicted molar refractivity (Wildman–Crippen MR) is 64.4 cm³/mol. The third kappa shape index (κ3) is 1.96. The first-order chi connectivity index (χ1) is 9.54. The fourth-order valence-electron chi connectivity index (χ4n) is 2.41. The van der Waals surface area contributed by atoms with Crippen molar-refractivity contribution in [2.45, 2.75) is 18.4 Å². The lowest BCUT2D eigenvalue weighted by molar-refractivity contribution is 0.260. The minimum atomic E-state index is -0.993. The van der Waals surface area contributed by atoms with Gasteiger partial charge in [0, 0.05) is 17.5 Å². The molecular weight excluding hydrogens is 269 g/mol. The molecule has 2 atom stereocenters. The van der Waals surface area contributed by atoms with Gasteiger partial charge in [-0.15, -0.1) is 0 Å². The summed E-state index contributed by atoms with van der Waals surface area (Å²) in [7, 11) is 0. The molecule has 3 nitrogen and oxygen atoms in total. The fraction of sp³-hybridized carbons (Fsp3) is 0.286. The van der Waals surface area contributed by atoms with Gasteiger partial charge in [-0.1, -0.05) is 13.0 Å². The summed E-state index contributed by atoms with van der Waals surface area (Å²) in [5, 5.41) is 0. The van der Waals surface area contributed by atoms with E-state index in [-0.39, 0.29) is 17.9 Å². The van der Waals surface area contributed by atoms with E-state index in [1.54, 1.807) is 6.92 Å². The van der Waals surface area contributed by atoms with Crippen molar-refractivity contribution in [3.63, 3.8) is 0 Å². The summed E-state index contributed by atoms with van der Waals surface area (Å²) in [6.07, 6.45) is 2.28. The highest BCUT2D eigenvalue weighted by Gasteiger charge is 2.54. The SMILES string of the molecule is CC(c1ncncc1F)C1(c2ccc(F)cc2F)CO1. The van der Waals surface area contributed by atoms with Crippen molar-refractivity contribution in [1.29, 1.82) is 0 Å². The van der Waals surface area contributed by atoms with Crippen molar-refractivity contribution in [2.75, 3.05) is 6.61 Å². The maximum atomic E-state index is 13.9. The number of epoxide rings is 1. The van der Waals surface area contributed by atoms with E-state index < -0.39 is 29.0 Å². The van der Waals surface area contributed by atoms with Gasteiger partial charge in [0.05, 0.1) is 18.5 Å². The molecule has 1 aliphatic heterocycles. The van der Waals surface area contributed by atoms with E-state index in [2.05, 4.69) is 9.97 Å². The van der Waals surface area contributed by atoms with Crippen LogP contribution >= 0.6 is 0 Å². The molecule has 6 heteroatoms. The molecule has 1 fully saturated rings. The van der Waals surface area contributed by atoms with Gasteiger partial charge in [0.2, 0.25) is 0 Å². The van der Waals surface area contributed by atoms with Gasteiger partial charge in [0.15, 0.2) is 5.82 Å². The lowest BCUT2D eigenvalue weighted by Gasteiger charge is -2.21. The van der Waals surface area contributed by atoms with Crippen molar-refractivity contribution in [2.24, 2.45) is 0 Å². The zero-order valence-corrected chi connectivity index (χ0v) is 10.6. The number of hydrogen-bond donors (Lipinski definition) is 0. The lowest BCUT2D eigenvalue weighted by atomic mass is 9.85. The molecule has 0 saturated carbocycles. The van der Waals surface area contributed by atoms with Gasteiger partial charge in [-0.3, -0.25) is 0 Å². The van der Waals surface area contributed by atoms with E-state index in [0.717, 1.165) is 18.3 Å². The zero-order chi connectivity index (χ0) is 14.3. The summed E-state index contributed by atoms with van der Waals surface area (Å²) in [6, 6.07) is 3.28. The number of rotatable bonds is 3. The number of ether oxygens (including phenoxy) is 1. The zero-order valence-electron chi connectivity index (χ0n) is 10.6. The normalized spacial score (nSPS) is 22.6. The Morgan fingerprint density at radius 1 is 1.25 bits per heavy atom. The van der Waals surface area contributed by atoms with Crippen LogP contribution in [0.5, 0.6) is 0 Å². The van der Waals surface area contributed by atoms with Crippen LogP contribution in [0, 0.1) is 17.5 Å². The first-order valence-electron chi connectivity index (χ1n) is 6.09. The van der Waals surface area contributed by atoms with Gasteiger partial charge in [-0.25, -0.2) is 23.1 Å². The van der Waals surface area contributed by atoms with E-state index in [4.69, 9.17) is 4.74 Å². The smallest absolute Gasteiger partial charge is 0.163 e. The van der Waals surface area contributed by atoms with Gasteiger partial charge in [0.1, 0.15) is 23.6 Å². The monoisotopic (exact) mass is 280 g/mol. The van der Waals surface area contributed by atoms with E-state index in [9.17, 15) is 13.2 Å². The highest BCUT2D eigenvalue weighted by molar-refractivity contribution is 5.34. The third-order valence-corrected chi connectivity index (χ3v) is 3.65. The molecule has 2 heterocycles. The number of aromatic nitrogens is 2. The quantitative estimate of drug-likeness (QED) is 0.811. The summed E-state index contributed by atoms with van der Waals surface area (Å²) in [4.78, 5) is 7.48. The molecule has 1 aliphatic rings. The molecule has 0 spiro atoms. The highest BCUT2D eigenvalue weighted by Crippen LogP contribution is 2.50. The Kier molecular flexibility index (Phi) is 2.97. The van der Waals surface area contributed by atoms with Crippen LogP contribution in [-0.4, -0.2) is 16.6 Å². The average molecular weight is 280 g/mol. The molecule has 2 aromatic rings. The Morgan fingerprint density at radius 3 is 2.60 bits per heavy atom. The molecule has 0 N–H and O–H groups in total. The van der Waals surface area contributed by atoms with Crippen LogP contribution < -0.4 is 0 Å². The van der Waals surface area contributed by atoms with Crippen molar-refractivity contribution >= 4 is 0 Å². The molecule has 1 aromatic carbocycles. The van der Waals surface area contributed by atoms with Gasteiger partial charge in [-0.2, -0.15) is 0 Å². The van der Waals surface area contributed by atoms with Gasteiger partial charge >= 0.3 is 0 Å². The van der Waals surface area contributed by atoms with E-state index in [0.29, 0.717) is 0 Å². The van der Waals surface area contributed by atoms with Crippen LogP contribution in [0.25, 0.3) is 0 Å². The lowest BCUT2D eigenvalue weighted by Crippen LogP contribution is -2.21. The minimum Gasteiger partial charge on any atom is -0.364 e. The molecule has 0 radical (unpaired) electrons. The first kappa shape index (κ1) is 13.1. The molecule has 1 saturated heterocycles. The number of halogens is 3. The second-order valence-electron chi connectivity index (χ2n) is 4.78. The molecule has 0 bridgehead atoms. The molecule has 2 unspecified atom stereocenters. The Balaban J connectivity index is 2.02. The van der Waals surface area contributed by atoms with Crippen molar-refractivity contribution in [3.8, 4) is 0 Å². The second-order valence-corrected chi connectivity index (χ2v) is 4.78. The molecule has 20 heavy (non-hydrogen) atoms. The summed E-state index contributed by atoms with van der Waals surface area (Å²) in [5.74, 6) is -2.45. The van der Waals surface area contributed by atoms with Crippen molar-refractivity contribution < 1.29 is 17.9 Å². The Hall–Kier alpha value is -1.95. The predicted octanol–water partition coefficient (Wildman–Crippen LogP) is 2.92. The van der Waals surface area contributed by atoms with Crippen LogP contribution in [0.2, 0.25) is 0 Å². The van der Waals surface area contributed by atoms with Crippen molar-refractivity contribution in [1.82, 2.24) is 9.97 Å². The maximum Gasteiger partial charge on any atom is 0.163 e. The third-order valence-electron chi connectivity index (χ3n) is 3.65. The fourth-order valence-corrected chi connectivity index (χ4v) is 2.41. The maximum absolute atomic E-state index is 13.9. The average Bonchev–Trinajstić information content (AvgIpc) is 3.20. The summed E-state index contributed by atoms with van der Waals surface area (Å²) in [5.41, 5.74) is -0.627. The number of nitrogens with zero attached hydrogens (tertiary/aromatic N) is 2. The highest BCUT2D eigenvalue weighted by atomic mass is 19.1. The molecular formula is C14H11F3N2O. The Labute approximate surface area is 113 Å². The molecule has 3 rings (SSSR count). The van der Waals surface area contributed by atoms with E-state index in [1.165, 1.54) is 12.4 Å². The van der Waals surface area contributed by atoms with Crippen LogP contribution in [0.3, 0.4) is 0 Å². The number of benzene rings is 1. The Bertz CT molecular complexity index is 659. The van der Waals surface area contributed by atoms with Gasteiger partial charge in [-0.05, 0) is 6.07 Å². The van der Waals surface area contributed by atoms with E-state index in [1.807, 2.05) is 0 Å². The molecule has 1 aromatic heterocycles. The molecule has 0 aliphatic carbocycles. The Morgan fingerprint density at radius 2 is 2.00 bits per heavy atom. The summed E-state index contributed by atoms with van der Waals surface area (Å²) >= 11 is 0. The minimum absolute atomic E-state index is 0.154. The van der Waals surface area contributed by atoms with Crippen LogP contribution in [0.1, 0.15) is 24.1 Å². The number of hydrogen-bond acceptors (Lipinski definition) is 3. The summed E-state index contributed by atoms with van der Waals surface area (Å²) in [6.45, 7) is 1.93. The van der Waals surface area contributed by atoms with Crippen LogP contribution in [0.15, 0.2) is 30.7 Å². The first-order valence-corrected chi connectivity index (χ1v) is 6.09. The van der Waals surface area contributed by atoms with Crippen LogP contribution in [-0.2, 0) is 10.3 Å². The molecule has 0 amide bonds. The van der Waals surface area contributed by atoms with Crippen molar-refractivity contribution in [3.05, 3.63) is 59.4 Å². The van der Waals surface area contributed by atoms with Gasteiger partial charge < -0.3 is 4.74 Å². The summed E-state index contributed by atoms with van der Waals surface area (Å²) < 4.78 is 46.0. The molecule has 104 valence electrons. The van der Waals surface area contributed by atoms with Gasteiger partial charge in [0.25, 0.3) is 0 Å². The largest absolute Gasteiger partial charge is 0.364 e. The second kappa shape index (κ2) is 4.56. The standard InChI is InChI=1S/C14H11F3N2O/c1-8(13-12(17)5-18-7-19-13)14(6-20-14)10-3-2-9(15)4-11(10)16/h2-5,7-8H,6H2,1H3. The topological polar surface area (TPSA) is 38.3 Å². The van der Waals surface area contributed by atoms with E-state index >= 15 is 0 Å². The van der Waals surface area contributed by atoms with Crippen LogP contribution in [0.4, 0.5) is 13.2 Å².